The monoisotopic (exact) mass is 344 g/mol. The first-order chi connectivity index (χ1) is 11.9. The van der Waals surface area contributed by atoms with E-state index in [2.05, 4.69) is 34.3 Å². The molecule has 1 aromatic heterocycles. The quantitative estimate of drug-likeness (QED) is 0.876. The lowest BCUT2D eigenvalue weighted by Gasteiger charge is -2.35. The van der Waals surface area contributed by atoms with Gasteiger partial charge in [0.25, 0.3) is 5.91 Å². The average molecular weight is 344 g/mol. The Balaban J connectivity index is 1.65. The summed E-state index contributed by atoms with van der Waals surface area (Å²) in [5.41, 5.74) is 2.31. The number of H-pyrrole nitrogens is 1. The van der Waals surface area contributed by atoms with E-state index in [1.165, 1.54) is 18.9 Å². The number of hydrogen-bond donors (Lipinski definition) is 2. The summed E-state index contributed by atoms with van der Waals surface area (Å²) in [7, 11) is 0. The molecule has 0 aliphatic carbocycles. The number of rotatable bonds is 5. The fourth-order valence-corrected chi connectivity index (χ4v) is 3.22. The molecule has 0 spiro atoms. The molecular formula is C19H25FN4O. The fourth-order valence-electron chi connectivity index (χ4n) is 3.22. The Morgan fingerprint density at radius 2 is 2.04 bits per heavy atom. The molecule has 3 rings (SSSR count). The van der Waals surface area contributed by atoms with Gasteiger partial charge in [0.05, 0.1) is 5.69 Å². The molecule has 134 valence electrons. The normalized spacial score (nSPS) is 15.5. The summed E-state index contributed by atoms with van der Waals surface area (Å²) in [5.74, 6) is -0.425. The molecule has 1 amide bonds. The number of aromatic nitrogens is 2. The van der Waals surface area contributed by atoms with Gasteiger partial charge in [0.2, 0.25) is 0 Å². The third-order valence-electron chi connectivity index (χ3n) is 4.92. The van der Waals surface area contributed by atoms with Gasteiger partial charge in [-0.2, -0.15) is 5.10 Å². The molecule has 0 saturated carbocycles. The molecular weight excluding hydrogens is 319 g/mol. The molecule has 1 aliphatic rings. The van der Waals surface area contributed by atoms with E-state index in [0.29, 0.717) is 23.5 Å². The van der Waals surface area contributed by atoms with Gasteiger partial charge in [0.1, 0.15) is 11.5 Å². The number of halogens is 1. The number of likely N-dealkylation sites (tertiary alicyclic amines) is 1. The van der Waals surface area contributed by atoms with Crippen LogP contribution in [0.1, 0.15) is 42.7 Å². The molecule has 0 atom stereocenters. The van der Waals surface area contributed by atoms with E-state index in [9.17, 15) is 9.18 Å². The molecule has 25 heavy (non-hydrogen) atoms. The molecule has 2 N–H and O–H groups in total. The molecule has 0 radical (unpaired) electrons. The summed E-state index contributed by atoms with van der Waals surface area (Å²) in [5, 5.41) is 9.95. The lowest BCUT2D eigenvalue weighted by molar-refractivity contribution is 0.0897. The Bertz CT molecular complexity index is 763. The Kier molecular flexibility index (Phi) is 4.90. The zero-order chi connectivity index (χ0) is 18.0. The largest absolute Gasteiger partial charge is 0.349 e. The lowest BCUT2D eigenvalue weighted by atomic mass is 10.0. The van der Waals surface area contributed by atoms with E-state index in [4.69, 9.17) is 0 Å². The smallest absolute Gasteiger partial charge is 0.269 e. The van der Waals surface area contributed by atoms with Gasteiger partial charge in [-0.1, -0.05) is 0 Å². The lowest BCUT2D eigenvalue weighted by Crippen LogP contribution is -2.50. The number of benzene rings is 1. The minimum atomic E-state index is -0.249. The zero-order valence-electron chi connectivity index (χ0n) is 15.0. The van der Waals surface area contributed by atoms with Crippen LogP contribution in [0.15, 0.2) is 24.3 Å². The van der Waals surface area contributed by atoms with Crippen molar-refractivity contribution in [3.8, 4) is 11.3 Å². The molecule has 0 unspecified atom stereocenters. The molecule has 1 saturated heterocycles. The molecule has 2 aromatic rings. The summed E-state index contributed by atoms with van der Waals surface area (Å²) in [6, 6.07) is 6.50. The highest BCUT2D eigenvalue weighted by atomic mass is 19.1. The van der Waals surface area contributed by atoms with Gasteiger partial charge in [0, 0.05) is 17.6 Å². The minimum absolute atomic E-state index is 0.0664. The van der Waals surface area contributed by atoms with Crippen LogP contribution in [-0.4, -0.2) is 46.2 Å². The molecule has 2 heterocycles. The molecule has 6 heteroatoms. The Morgan fingerprint density at radius 3 is 2.72 bits per heavy atom. The topological polar surface area (TPSA) is 61.0 Å². The van der Waals surface area contributed by atoms with Crippen molar-refractivity contribution in [2.24, 2.45) is 0 Å². The third-order valence-corrected chi connectivity index (χ3v) is 4.92. The van der Waals surface area contributed by atoms with Crippen LogP contribution in [0.4, 0.5) is 4.39 Å². The Morgan fingerprint density at radius 1 is 1.32 bits per heavy atom. The van der Waals surface area contributed by atoms with E-state index in [-0.39, 0.29) is 17.3 Å². The van der Waals surface area contributed by atoms with Crippen LogP contribution < -0.4 is 5.32 Å². The predicted octanol–water partition coefficient (Wildman–Crippen LogP) is 3.13. The second kappa shape index (κ2) is 6.96. The maximum Gasteiger partial charge on any atom is 0.269 e. The second-order valence-electron chi connectivity index (χ2n) is 7.32. The number of aromatic amines is 1. The van der Waals surface area contributed by atoms with Crippen LogP contribution >= 0.6 is 0 Å². The highest BCUT2D eigenvalue weighted by molar-refractivity contribution is 5.93. The second-order valence-corrected chi connectivity index (χ2v) is 7.32. The molecule has 0 bridgehead atoms. The first-order valence-electron chi connectivity index (χ1n) is 8.72. The first kappa shape index (κ1) is 17.6. The molecule has 1 fully saturated rings. The standard InChI is InChI=1S/C19H25FN4O/c1-13-10-14(6-7-15(13)20)16-11-17(23-22-16)18(25)21-12-19(2,3)24-8-4-5-9-24/h6-7,10-11H,4-5,8-9,12H2,1-3H3,(H,21,25)(H,22,23). The molecule has 1 aliphatic heterocycles. The van der Waals surface area contributed by atoms with Gasteiger partial charge in [-0.05, 0) is 76.5 Å². The number of hydrogen-bond acceptors (Lipinski definition) is 3. The Labute approximate surface area is 147 Å². The van der Waals surface area contributed by atoms with E-state index in [1.54, 1.807) is 25.1 Å². The number of amides is 1. The Hall–Kier alpha value is -2.21. The molecule has 5 nitrogen and oxygen atoms in total. The van der Waals surface area contributed by atoms with Crippen molar-refractivity contribution in [2.45, 2.75) is 39.2 Å². The summed E-state index contributed by atoms with van der Waals surface area (Å²) in [4.78, 5) is 14.8. The van der Waals surface area contributed by atoms with Gasteiger partial charge >= 0.3 is 0 Å². The van der Waals surface area contributed by atoms with E-state index >= 15 is 0 Å². The zero-order valence-corrected chi connectivity index (χ0v) is 15.0. The van der Waals surface area contributed by atoms with Crippen LogP contribution in [0, 0.1) is 12.7 Å². The van der Waals surface area contributed by atoms with Crippen molar-refractivity contribution >= 4 is 5.91 Å². The van der Waals surface area contributed by atoms with Gasteiger partial charge in [-0.15, -0.1) is 0 Å². The van der Waals surface area contributed by atoms with Crippen molar-refractivity contribution in [1.82, 2.24) is 20.4 Å². The summed E-state index contributed by atoms with van der Waals surface area (Å²) < 4.78 is 13.4. The molecule has 1 aromatic carbocycles. The maximum atomic E-state index is 13.4. The highest BCUT2D eigenvalue weighted by Crippen LogP contribution is 2.22. The summed E-state index contributed by atoms with van der Waals surface area (Å²) in [6.07, 6.45) is 2.44. The van der Waals surface area contributed by atoms with E-state index in [0.717, 1.165) is 18.7 Å². The van der Waals surface area contributed by atoms with Crippen LogP contribution in [0.2, 0.25) is 0 Å². The van der Waals surface area contributed by atoms with E-state index < -0.39 is 0 Å². The minimum Gasteiger partial charge on any atom is -0.349 e. The fraction of sp³-hybridized carbons (Fsp3) is 0.474. The number of aryl methyl sites for hydroxylation is 1. The summed E-state index contributed by atoms with van der Waals surface area (Å²) >= 11 is 0. The van der Waals surface area contributed by atoms with Crippen molar-refractivity contribution in [3.05, 3.63) is 41.3 Å². The van der Waals surface area contributed by atoms with Crippen molar-refractivity contribution in [1.29, 1.82) is 0 Å². The van der Waals surface area contributed by atoms with E-state index in [1.807, 2.05) is 0 Å². The van der Waals surface area contributed by atoms with Crippen LogP contribution in [0.3, 0.4) is 0 Å². The van der Waals surface area contributed by atoms with Crippen molar-refractivity contribution < 1.29 is 9.18 Å². The van der Waals surface area contributed by atoms with Gasteiger partial charge in [-0.3, -0.25) is 14.8 Å². The summed E-state index contributed by atoms with van der Waals surface area (Å²) in [6.45, 7) is 8.76. The van der Waals surface area contributed by atoms with Crippen LogP contribution in [0.25, 0.3) is 11.3 Å². The number of carbonyl (C=O) groups is 1. The van der Waals surface area contributed by atoms with Crippen LogP contribution in [-0.2, 0) is 0 Å². The first-order valence-corrected chi connectivity index (χ1v) is 8.72. The van der Waals surface area contributed by atoms with Crippen LogP contribution in [0.5, 0.6) is 0 Å². The number of nitrogens with zero attached hydrogens (tertiary/aromatic N) is 2. The highest BCUT2D eigenvalue weighted by Gasteiger charge is 2.29. The number of carbonyl (C=O) groups excluding carboxylic acids is 1. The number of nitrogens with one attached hydrogen (secondary N) is 2. The van der Waals surface area contributed by atoms with Crippen molar-refractivity contribution in [2.75, 3.05) is 19.6 Å². The van der Waals surface area contributed by atoms with Gasteiger partial charge in [-0.25, -0.2) is 4.39 Å². The maximum absolute atomic E-state index is 13.4. The van der Waals surface area contributed by atoms with Crippen molar-refractivity contribution in [3.63, 3.8) is 0 Å². The average Bonchev–Trinajstić information content (AvgIpc) is 3.27. The predicted molar refractivity (Wildman–Crippen MR) is 95.9 cm³/mol. The van der Waals surface area contributed by atoms with Gasteiger partial charge < -0.3 is 5.32 Å². The van der Waals surface area contributed by atoms with Gasteiger partial charge in [0.15, 0.2) is 0 Å². The SMILES string of the molecule is Cc1cc(-c2cc(C(=O)NCC(C)(C)N3CCCC3)[nH]n2)ccc1F. The third kappa shape index (κ3) is 3.90.